The third-order valence-electron chi connectivity index (χ3n) is 5.24. The molecular formula is C26H26BrN5O4. The number of nitrogens with zero attached hydrogens (tertiary/aromatic N) is 2. The van der Waals surface area contributed by atoms with Crippen LogP contribution < -0.4 is 20.7 Å². The van der Waals surface area contributed by atoms with E-state index in [1.54, 1.807) is 31.5 Å². The molecule has 0 spiro atoms. The van der Waals surface area contributed by atoms with E-state index in [0.717, 1.165) is 20.9 Å². The van der Waals surface area contributed by atoms with Gasteiger partial charge in [0.15, 0.2) is 0 Å². The van der Waals surface area contributed by atoms with Gasteiger partial charge >= 0.3 is 12.1 Å². The molecule has 36 heavy (non-hydrogen) atoms. The summed E-state index contributed by atoms with van der Waals surface area (Å²) in [4.78, 5) is 27.5. The van der Waals surface area contributed by atoms with Crippen LogP contribution in [-0.4, -0.2) is 33.9 Å². The summed E-state index contributed by atoms with van der Waals surface area (Å²) in [6, 6.07) is 16.0. The highest BCUT2D eigenvalue weighted by Crippen LogP contribution is 2.29. The number of fused-ring (bicyclic) bond motifs is 1. The number of carbonyl (C=O) groups is 2. The number of urea groups is 1. The van der Waals surface area contributed by atoms with Crippen LogP contribution in [0.2, 0.25) is 0 Å². The molecule has 4 N–H and O–H groups in total. The second kappa shape index (κ2) is 11.6. The fraction of sp³-hybridized carbons (Fsp3) is 0.192. The second-order valence-corrected chi connectivity index (χ2v) is 9.06. The molecule has 2 heterocycles. The Kier molecular flexibility index (Phi) is 8.06. The van der Waals surface area contributed by atoms with Gasteiger partial charge in [-0.1, -0.05) is 41.3 Å². The van der Waals surface area contributed by atoms with Gasteiger partial charge in [0.2, 0.25) is 0 Å². The lowest BCUT2D eigenvalue weighted by atomic mass is 10.2. The molecule has 5 rings (SSSR count). The third kappa shape index (κ3) is 6.76. The average molecular weight is 552 g/mol. The lowest BCUT2D eigenvalue weighted by molar-refractivity contribution is 0.209. The fourth-order valence-electron chi connectivity index (χ4n) is 3.47. The second-order valence-electron chi connectivity index (χ2n) is 8.15. The van der Waals surface area contributed by atoms with Crippen molar-refractivity contribution in [3.63, 3.8) is 0 Å². The number of hydrogen-bond acceptors (Lipinski definition) is 4. The van der Waals surface area contributed by atoms with Crippen LogP contribution in [0, 0.1) is 0 Å². The minimum atomic E-state index is -1.17. The molecule has 1 fully saturated rings. The normalized spacial score (nSPS) is 11.7. The lowest BCUT2D eigenvalue weighted by Gasteiger charge is -2.13. The van der Waals surface area contributed by atoms with Crippen LogP contribution in [0.25, 0.3) is 10.9 Å². The SMILES string of the molecule is C1CC1.COc1ccc(Br)cc1NC(=O)Nc1cccc2c1ccn2Cc1ccnc(NC(=O)O)c1. The van der Waals surface area contributed by atoms with Crippen molar-refractivity contribution in [3.8, 4) is 5.75 Å². The van der Waals surface area contributed by atoms with Crippen molar-refractivity contribution in [1.29, 1.82) is 0 Å². The molecular weight excluding hydrogens is 526 g/mol. The van der Waals surface area contributed by atoms with E-state index in [9.17, 15) is 9.59 Å². The number of methoxy groups -OCH3 is 1. The molecule has 0 bridgehead atoms. The van der Waals surface area contributed by atoms with Crippen LogP contribution in [0.15, 0.2) is 71.5 Å². The summed E-state index contributed by atoms with van der Waals surface area (Å²) in [5, 5.41) is 17.7. The van der Waals surface area contributed by atoms with Gasteiger partial charge in [-0.2, -0.15) is 0 Å². The summed E-state index contributed by atoms with van der Waals surface area (Å²) < 4.78 is 8.13. The average Bonchev–Trinajstić information content (AvgIpc) is 3.67. The van der Waals surface area contributed by atoms with E-state index in [1.807, 2.05) is 47.2 Å². The van der Waals surface area contributed by atoms with Gasteiger partial charge in [0.1, 0.15) is 11.6 Å². The lowest BCUT2D eigenvalue weighted by Crippen LogP contribution is -2.20. The number of hydrogen-bond donors (Lipinski definition) is 4. The van der Waals surface area contributed by atoms with E-state index in [0.29, 0.717) is 23.7 Å². The molecule has 0 radical (unpaired) electrons. The first-order chi connectivity index (χ1) is 17.4. The minimum absolute atomic E-state index is 0.262. The van der Waals surface area contributed by atoms with E-state index in [-0.39, 0.29) is 5.82 Å². The number of aromatic nitrogens is 2. The summed E-state index contributed by atoms with van der Waals surface area (Å²) in [5.74, 6) is 0.810. The molecule has 1 aliphatic rings. The Morgan fingerprint density at radius 3 is 2.53 bits per heavy atom. The molecule has 9 nitrogen and oxygen atoms in total. The predicted octanol–water partition coefficient (Wildman–Crippen LogP) is 6.76. The number of benzene rings is 2. The molecule has 0 unspecified atom stereocenters. The topological polar surface area (TPSA) is 118 Å². The van der Waals surface area contributed by atoms with Gasteiger partial charge in [0.05, 0.1) is 24.0 Å². The van der Waals surface area contributed by atoms with Crippen LogP contribution >= 0.6 is 15.9 Å². The van der Waals surface area contributed by atoms with E-state index in [1.165, 1.54) is 19.3 Å². The highest BCUT2D eigenvalue weighted by molar-refractivity contribution is 9.10. The summed E-state index contributed by atoms with van der Waals surface area (Å²) >= 11 is 3.39. The maximum atomic E-state index is 12.7. The van der Waals surface area contributed by atoms with Crippen molar-refractivity contribution in [3.05, 3.63) is 77.0 Å². The number of nitrogens with one attached hydrogen (secondary N) is 3. The maximum absolute atomic E-state index is 12.7. The molecule has 0 aliphatic heterocycles. The number of amides is 3. The van der Waals surface area contributed by atoms with Crippen molar-refractivity contribution in [1.82, 2.24) is 9.55 Å². The maximum Gasteiger partial charge on any atom is 0.410 e. The monoisotopic (exact) mass is 551 g/mol. The zero-order chi connectivity index (χ0) is 25.5. The third-order valence-corrected chi connectivity index (χ3v) is 5.73. The van der Waals surface area contributed by atoms with Gasteiger partial charge < -0.3 is 25.0 Å². The molecule has 2 aromatic heterocycles. The van der Waals surface area contributed by atoms with Crippen LogP contribution in [0.1, 0.15) is 24.8 Å². The van der Waals surface area contributed by atoms with E-state index in [4.69, 9.17) is 9.84 Å². The zero-order valence-corrected chi connectivity index (χ0v) is 21.2. The largest absolute Gasteiger partial charge is 0.495 e. The van der Waals surface area contributed by atoms with Gasteiger partial charge in [-0.3, -0.25) is 5.32 Å². The molecule has 186 valence electrons. The Hall–Kier alpha value is -4.05. The summed E-state index contributed by atoms with van der Waals surface area (Å²) in [6.45, 7) is 0.505. The Bertz CT molecular complexity index is 1380. The summed E-state index contributed by atoms with van der Waals surface area (Å²) in [5.41, 5.74) is 2.99. The van der Waals surface area contributed by atoms with Crippen molar-refractivity contribution in [2.24, 2.45) is 0 Å². The first-order valence-electron chi connectivity index (χ1n) is 11.4. The number of carbonyl (C=O) groups excluding carboxylic acids is 1. The molecule has 2 aromatic carbocycles. The smallest absolute Gasteiger partial charge is 0.410 e. The highest BCUT2D eigenvalue weighted by Gasteiger charge is 2.12. The summed E-state index contributed by atoms with van der Waals surface area (Å²) in [6.07, 6.45) is 6.80. The fourth-order valence-corrected chi connectivity index (χ4v) is 3.83. The van der Waals surface area contributed by atoms with Crippen molar-refractivity contribution in [2.45, 2.75) is 25.8 Å². The van der Waals surface area contributed by atoms with Crippen molar-refractivity contribution >= 4 is 56.1 Å². The van der Waals surface area contributed by atoms with Gasteiger partial charge in [-0.15, -0.1) is 0 Å². The number of pyridine rings is 1. The number of carboxylic acid groups (broad SMARTS) is 1. The Labute approximate surface area is 216 Å². The molecule has 10 heteroatoms. The molecule has 1 aliphatic carbocycles. The minimum Gasteiger partial charge on any atom is -0.495 e. The Morgan fingerprint density at radius 2 is 1.81 bits per heavy atom. The Morgan fingerprint density at radius 1 is 1.03 bits per heavy atom. The molecule has 0 atom stereocenters. The molecule has 3 amide bonds. The summed E-state index contributed by atoms with van der Waals surface area (Å²) in [7, 11) is 1.54. The molecule has 0 saturated heterocycles. The highest BCUT2D eigenvalue weighted by atomic mass is 79.9. The van der Waals surface area contributed by atoms with Gasteiger partial charge in [0, 0.05) is 28.8 Å². The number of ether oxygens (including phenoxy) is 1. The van der Waals surface area contributed by atoms with Crippen LogP contribution in [0.5, 0.6) is 5.75 Å². The first kappa shape index (κ1) is 25.1. The Balaban J connectivity index is 0.000000943. The van der Waals surface area contributed by atoms with Crippen molar-refractivity contribution in [2.75, 3.05) is 23.1 Å². The zero-order valence-electron chi connectivity index (χ0n) is 19.6. The van der Waals surface area contributed by atoms with Gasteiger partial charge in [0.25, 0.3) is 0 Å². The predicted molar refractivity (Wildman–Crippen MR) is 144 cm³/mol. The van der Waals surface area contributed by atoms with E-state index < -0.39 is 12.1 Å². The van der Waals surface area contributed by atoms with Crippen LogP contribution in [0.4, 0.5) is 26.8 Å². The van der Waals surface area contributed by atoms with Gasteiger partial charge in [-0.05, 0) is 54.1 Å². The van der Waals surface area contributed by atoms with Crippen molar-refractivity contribution < 1.29 is 19.4 Å². The molecule has 1 saturated carbocycles. The van der Waals surface area contributed by atoms with E-state index >= 15 is 0 Å². The number of anilines is 3. The standard InChI is InChI=1S/C23H20BrN5O4.C3H6/c1-33-20-6-5-15(24)12-18(20)27-22(30)26-17-3-2-4-19-16(17)8-10-29(19)13-14-7-9-25-21(11-14)28-23(31)32;1-2-3-1/h2-12H,13H2,1H3,(H,25,28)(H,31,32)(H2,26,27,30);1-3H2. The van der Waals surface area contributed by atoms with Crippen LogP contribution in [-0.2, 0) is 6.54 Å². The number of rotatable bonds is 6. The number of halogens is 1. The van der Waals surface area contributed by atoms with Crippen LogP contribution in [0.3, 0.4) is 0 Å². The van der Waals surface area contributed by atoms with E-state index in [2.05, 4.69) is 36.9 Å². The first-order valence-corrected chi connectivity index (χ1v) is 12.2. The molecule has 4 aromatic rings. The quantitative estimate of drug-likeness (QED) is 0.211. The van der Waals surface area contributed by atoms with Gasteiger partial charge in [-0.25, -0.2) is 14.6 Å².